The normalized spacial score (nSPS) is 10.8. The number of aromatic nitrogens is 2. The maximum atomic E-state index is 12.9. The van der Waals surface area contributed by atoms with Gasteiger partial charge in [-0.3, -0.25) is 9.36 Å². The molecule has 0 unspecified atom stereocenters. The lowest BCUT2D eigenvalue weighted by Gasteiger charge is -2.14. The average molecular weight is 464 g/mol. The highest BCUT2D eigenvalue weighted by Crippen LogP contribution is 2.28. The fraction of sp³-hybridized carbons (Fsp3) is 0.160. The molecule has 0 saturated heterocycles. The lowest BCUT2D eigenvalue weighted by Crippen LogP contribution is -2.33. The first kappa shape index (κ1) is 22.4. The summed E-state index contributed by atoms with van der Waals surface area (Å²) in [5, 5.41) is 4.04. The Morgan fingerprint density at radius 3 is 2.55 bits per heavy atom. The molecule has 0 aliphatic heterocycles. The number of ether oxygens (including phenoxy) is 2. The minimum atomic E-state index is -0.513. The number of nitrogens with one attached hydrogen (secondary N) is 1. The molecule has 4 aromatic rings. The van der Waals surface area contributed by atoms with Crippen molar-refractivity contribution in [3.8, 4) is 22.8 Å². The van der Waals surface area contributed by atoms with Crippen molar-refractivity contribution in [1.82, 2.24) is 14.9 Å². The number of fused-ring (bicyclic) bond motifs is 1. The third kappa shape index (κ3) is 4.83. The highest BCUT2D eigenvalue weighted by atomic mass is 35.5. The molecule has 0 radical (unpaired) electrons. The molecule has 0 atom stereocenters. The molecule has 33 heavy (non-hydrogen) atoms. The summed E-state index contributed by atoms with van der Waals surface area (Å²) in [6, 6.07) is 19.9. The number of methoxy groups -OCH3 is 2. The molecule has 7 nitrogen and oxygen atoms in total. The zero-order valence-corrected chi connectivity index (χ0v) is 18.9. The number of nitrogens with zero attached hydrogens (tertiary/aromatic N) is 2. The summed E-state index contributed by atoms with van der Waals surface area (Å²) in [5.41, 5.74) is 2.17. The number of carbonyl (C=O) groups excluding carboxylic acids is 1. The predicted octanol–water partition coefficient (Wildman–Crippen LogP) is 4.05. The van der Waals surface area contributed by atoms with Crippen molar-refractivity contribution in [3.63, 3.8) is 0 Å². The molecule has 1 heterocycles. The Hall–Kier alpha value is -3.84. The first-order valence-electron chi connectivity index (χ1n) is 10.2. The zero-order chi connectivity index (χ0) is 23.4. The van der Waals surface area contributed by atoms with Crippen LogP contribution >= 0.6 is 11.6 Å². The monoisotopic (exact) mass is 463 g/mol. The Morgan fingerprint density at radius 2 is 1.82 bits per heavy atom. The smallest absolute Gasteiger partial charge is 0.349 e. The second-order valence-corrected chi connectivity index (χ2v) is 7.75. The molecule has 8 heteroatoms. The quantitative estimate of drug-likeness (QED) is 0.447. The lowest BCUT2D eigenvalue weighted by atomic mass is 10.1. The van der Waals surface area contributed by atoms with Gasteiger partial charge in [0.15, 0.2) is 0 Å². The van der Waals surface area contributed by atoms with Gasteiger partial charge >= 0.3 is 5.69 Å². The fourth-order valence-corrected chi connectivity index (χ4v) is 3.78. The van der Waals surface area contributed by atoms with Crippen molar-refractivity contribution >= 4 is 28.4 Å². The summed E-state index contributed by atoms with van der Waals surface area (Å²) >= 11 is 6.23. The van der Waals surface area contributed by atoms with Crippen molar-refractivity contribution in [3.05, 3.63) is 87.8 Å². The average Bonchev–Trinajstić information content (AvgIpc) is 2.84. The van der Waals surface area contributed by atoms with Gasteiger partial charge in [-0.1, -0.05) is 41.9 Å². The number of hydrogen-bond acceptors (Lipinski definition) is 5. The number of hydrogen-bond donors (Lipinski definition) is 1. The molecule has 1 N–H and O–H groups in total. The van der Waals surface area contributed by atoms with E-state index in [0.29, 0.717) is 33.1 Å². The molecule has 4 rings (SSSR count). The van der Waals surface area contributed by atoms with Gasteiger partial charge in [-0.15, -0.1) is 0 Å². The van der Waals surface area contributed by atoms with Gasteiger partial charge in [-0.2, -0.15) is 4.98 Å². The number of benzene rings is 3. The van der Waals surface area contributed by atoms with Crippen molar-refractivity contribution < 1.29 is 14.3 Å². The molecule has 1 amide bonds. The predicted molar refractivity (Wildman–Crippen MR) is 128 cm³/mol. The van der Waals surface area contributed by atoms with Crippen LogP contribution in [-0.4, -0.2) is 29.7 Å². The summed E-state index contributed by atoms with van der Waals surface area (Å²) in [7, 11) is 3.12. The summed E-state index contributed by atoms with van der Waals surface area (Å²) in [6.07, 6.45) is 0. The van der Waals surface area contributed by atoms with Gasteiger partial charge in [0.05, 0.1) is 25.4 Å². The SMILES string of the molecule is COc1ccc(CNC(=O)Cn2c(=O)nc(-c3ccccc3)c3cc(Cl)ccc32)c(OC)c1. The second kappa shape index (κ2) is 9.75. The van der Waals surface area contributed by atoms with Gasteiger partial charge in [-0.05, 0) is 30.3 Å². The van der Waals surface area contributed by atoms with Crippen LogP contribution in [0.5, 0.6) is 11.5 Å². The molecule has 0 saturated carbocycles. The van der Waals surface area contributed by atoms with E-state index in [9.17, 15) is 9.59 Å². The molecule has 168 valence electrons. The zero-order valence-electron chi connectivity index (χ0n) is 18.2. The number of halogens is 1. The molecule has 0 aliphatic rings. The van der Waals surface area contributed by atoms with Crippen LogP contribution in [0, 0.1) is 0 Å². The maximum absolute atomic E-state index is 12.9. The van der Waals surface area contributed by atoms with Gasteiger partial charge in [0, 0.05) is 34.1 Å². The van der Waals surface area contributed by atoms with Crippen molar-refractivity contribution in [1.29, 1.82) is 0 Å². The Kier molecular flexibility index (Phi) is 6.60. The third-order valence-corrected chi connectivity index (χ3v) is 5.50. The summed E-state index contributed by atoms with van der Waals surface area (Å²) in [5.74, 6) is 0.921. The van der Waals surface area contributed by atoms with Crippen LogP contribution in [0.4, 0.5) is 0 Å². The van der Waals surface area contributed by atoms with E-state index < -0.39 is 5.69 Å². The van der Waals surface area contributed by atoms with E-state index in [1.54, 1.807) is 44.6 Å². The van der Waals surface area contributed by atoms with Crippen molar-refractivity contribution in [2.24, 2.45) is 0 Å². The van der Waals surface area contributed by atoms with E-state index >= 15 is 0 Å². The van der Waals surface area contributed by atoms with E-state index in [2.05, 4.69) is 10.3 Å². The van der Waals surface area contributed by atoms with E-state index in [1.165, 1.54) is 4.57 Å². The molecular weight excluding hydrogens is 442 g/mol. The van der Waals surface area contributed by atoms with Crippen LogP contribution < -0.4 is 20.5 Å². The molecule has 0 aliphatic carbocycles. The Labute approximate surface area is 195 Å². The molecule has 1 aromatic heterocycles. The van der Waals surface area contributed by atoms with Crippen LogP contribution in [0.2, 0.25) is 5.02 Å². The van der Waals surface area contributed by atoms with Crippen LogP contribution in [-0.2, 0) is 17.9 Å². The molecular formula is C25H22ClN3O4. The fourth-order valence-electron chi connectivity index (χ4n) is 3.61. The largest absolute Gasteiger partial charge is 0.497 e. The highest BCUT2D eigenvalue weighted by Gasteiger charge is 2.15. The topological polar surface area (TPSA) is 82.5 Å². The Morgan fingerprint density at radius 1 is 1.03 bits per heavy atom. The first-order valence-corrected chi connectivity index (χ1v) is 10.6. The minimum absolute atomic E-state index is 0.183. The van der Waals surface area contributed by atoms with Gasteiger partial charge in [0.2, 0.25) is 5.91 Å². The van der Waals surface area contributed by atoms with E-state index in [-0.39, 0.29) is 19.0 Å². The summed E-state index contributed by atoms with van der Waals surface area (Å²) in [4.78, 5) is 29.9. The number of carbonyl (C=O) groups is 1. The number of rotatable bonds is 7. The van der Waals surface area contributed by atoms with E-state index in [1.807, 2.05) is 36.4 Å². The molecule has 3 aromatic carbocycles. The lowest BCUT2D eigenvalue weighted by molar-refractivity contribution is -0.121. The first-order chi connectivity index (χ1) is 16.0. The van der Waals surface area contributed by atoms with Gasteiger partial charge in [0.1, 0.15) is 18.0 Å². The van der Waals surface area contributed by atoms with Crippen LogP contribution in [0.1, 0.15) is 5.56 Å². The van der Waals surface area contributed by atoms with Crippen LogP contribution in [0.25, 0.3) is 22.2 Å². The Balaban J connectivity index is 1.62. The molecule has 0 spiro atoms. The number of amides is 1. The Bertz CT molecular complexity index is 1370. The summed E-state index contributed by atoms with van der Waals surface area (Å²) < 4.78 is 11.9. The standard InChI is InChI=1S/C25H22ClN3O4/c1-32-19-10-8-17(22(13-19)33-2)14-27-23(30)15-29-21-11-9-18(26)12-20(21)24(28-25(29)31)16-6-4-3-5-7-16/h3-13H,14-15H2,1-2H3,(H,27,30). The van der Waals surface area contributed by atoms with Gasteiger partial charge in [-0.25, -0.2) is 4.79 Å². The van der Waals surface area contributed by atoms with E-state index in [0.717, 1.165) is 11.1 Å². The molecule has 0 bridgehead atoms. The van der Waals surface area contributed by atoms with E-state index in [4.69, 9.17) is 21.1 Å². The van der Waals surface area contributed by atoms with Crippen molar-refractivity contribution in [2.45, 2.75) is 13.1 Å². The summed E-state index contributed by atoms with van der Waals surface area (Å²) in [6.45, 7) is 0.0531. The van der Waals surface area contributed by atoms with Crippen LogP contribution in [0.15, 0.2) is 71.5 Å². The maximum Gasteiger partial charge on any atom is 0.349 e. The van der Waals surface area contributed by atoms with Crippen molar-refractivity contribution in [2.75, 3.05) is 14.2 Å². The highest BCUT2D eigenvalue weighted by molar-refractivity contribution is 6.31. The minimum Gasteiger partial charge on any atom is -0.497 e. The third-order valence-electron chi connectivity index (χ3n) is 5.26. The second-order valence-electron chi connectivity index (χ2n) is 7.31. The van der Waals surface area contributed by atoms with Gasteiger partial charge < -0.3 is 14.8 Å². The van der Waals surface area contributed by atoms with Gasteiger partial charge in [0.25, 0.3) is 0 Å². The molecule has 0 fully saturated rings. The van der Waals surface area contributed by atoms with Crippen LogP contribution in [0.3, 0.4) is 0 Å².